The van der Waals surface area contributed by atoms with Gasteiger partial charge in [-0.3, -0.25) is 34.2 Å². The summed E-state index contributed by atoms with van der Waals surface area (Å²) in [6, 6.07) is 17.6. The van der Waals surface area contributed by atoms with Gasteiger partial charge in [0.05, 0.1) is 35.0 Å². The number of rotatable bonds is 10. The molecule has 59 heavy (non-hydrogen) atoms. The van der Waals surface area contributed by atoms with Crippen molar-refractivity contribution >= 4 is 35.2 Å². The number of hydrogen-bond donors (Lipinski definition) is 2. The zero-order chi connectivity index (χ0) is 42.0. The number of ether oxygens (including phenoxy) is 3. The molecule has 308 valence electrons. The van der Waals surface area contributed by atoms with Crippen LogP contribution in [0.15, 0.2) is 54.6 Å². The molecule has 2 aliphatic carbocycles. The minimum absolute atomic E-state index is 0.0682. The molecule has 2 saturated heterocycles. The Morgan fingerprint density at radius 2 is 1.44 bits per heavy atom. The molecule has 3 aromatic carbocycles. The SMILES string of the molecule is Cc1cc(OC2C(C)(C)C(NC(=O)c3ccc(N4CCC(OC5CC(Oc6ccc7c(c6)C(=O)N([C@@H]6CCC(=O)NC6=O)C7=O)C5)CC4)cc3)C2(C)C)cc(C)c1C#N. The summed E-state index contributed by atoms with van der Waals surface area (Å²) >= 11 is 0. The highest BCUT2D eigenvalue weighted by Gasteiger charge is 2.64. The van der Waals surface area contributed by atoms with Gasteiger partial charge in [-0.1, -0.05) is 27.7 Å². The molecule has 5 amide bonds. The zero-order valence-electron chi connectivity index (χ0n) is 34.4. The van der Waals surface area contributed by atoms with Crippen LogP contribution in [0.3, 0.4) is 0 Å². The Morgan fingerprint density at radius 1 is 0.797 bits per heavy atom. The molecule has 0 bridgehead atoms. The van der Waals surface area contributed by atoms with Gasteiger partial charge in [-0.05, 0) is 98.8 Å². The van der Waals surface area contributed by atoms with E-state index in [9.17, 15) is 29.2 Å². The van der Waals surface area contributed by atoms with Crippen molar-refractivity contribution in [3.63, 3.8) is 0 Å². The van der Waals surface area contributed by atoms with E-state index in [1.165, 1.54) is 0 Å². The molecule has 8 rings (SSSR count). The average Bonchev–Trinajstić information content (AvgIpc) is 3.43. The number of piperidine rings is 2. The van der Waals surface area contributed by atoms with Crippen molar-refractivity contribution in [1.82, 2.24) is 15.5 Å². The minimum Gasteiger partial charge on any atom is -0.490 e. The number of carbonyl (C=O) groups excluding carboxylic acids is 5. The van der Waals surface area contributed by atoms with E-state index in [4.69, 9.17) is 14.2 Å². The molecule has 4 fully saturated rings. The number of benzene rings is 3. The van der Waals surface area contributed by atoms with Gasteiger partial charge in [0.1, 0.15) is 29.7 Å². The van der Waals surface area contributed by atoms with Gasteiger partial charge >= 0.3 is 0 Å². The molecular weight excluding hydrogens is 751 g/mol. The highest BCUT2D eigenvalue weighted by molar-refractivity contribution is 6.23. The molecule has 0 aromatic heterocycles. The largest absolute Gasteiger partial charge is 0.490 e. The Bertz CT molecular complexity index is 2230. The molecule has 5 aliphatic rings. The highest BCUT2D eigenvalue weighted by atomic mass is 16.5. The monoisotopic (exact) mass is 801 g/mol. The van der Waals surface area contributed by atoms with Crippen LogP contribution in [0.5, 0.6) is 11.5 Å². The minimum atomic E-state index is -1.01. The quantitative estimate of drug-likeness (QED) is 0.240. The van der Waals surface area contributed by atoms with Crippen molar-refractivity contribution in [3.8, 4) is 17.6 Å². The first-order valence-corrected chi connectivity index (χ1v) is 20.6. The van der Waals surface area contributed by atoms with E-state index in [1.807, 2.05) is 50.2 Å². The number of imide groups is 2. The van der Waals surface area contributed by atoms with E-state index in [0.717, 1.165) is 66.2 Å². The second kappa shape index (κ2) is 15.1. The molecule has 2 N–H and O–H groups in total. The van der Waals surface area contributed by atoms with Crippen molar-refractivity contribution in [2.24, 2.45) is 10.8 Å². The maximum absolute atomic E-state index is 13.5. The lowest BCUT2D eigenvalue weighted by Gasteiger charge is -2.63. The second-order valence-electron chi connectivity index (χ2n) is 17.9. The van der Waals surface area contributed by atoms with Gasteiger partial charge in [0.15, 0.2) is 0 Å². The number of hydrogen-bond acceptors (Lipinski definition) is 10. The number of anilines is 1. The van der Waals surface area contributed by atoms with E-state index >= 15 is 0 Å². The van der Waals surface area contributed by atoms with Crippen LogP contribution < -0.4 is 25.0 Å². The predicted octanol–water partition coefficient (Wildman–Crippen LogP) is 5.78. The zero-order valence-corrected chi connectivity index (χ0v) is 34.4. The standard InChI is InChI=1S/C46H51N5O8/c1-25-19-31(20-26(2)36(25)24-47)59-44-45(3,4)43(46(44,5)6)49-39(53)27-7-9-28(10-8-27)50-17-15-29(16-18-50)57-32-21-33(22-32)58-30-11-12-34-35(23-30)42(56)51(41(34)55)37-13-14-38(52)48-40(37)54/h7-12,19-20,23,29,32-33,37,43-44H,13-18,21-22H2,1-6H3,(H,49,53)(H,48,52,54)/t32?,33?,37-,43?,44?/m1/s1. The summed E-state index contributed by atoms with van der Waals surface area (Å²) in [5.41, 5.74) is 3.89. The second-order valence-corrected chi connectivity index (χ2v) is 17.9. The molecular formula is C46H51N5O8. The van der Waals surface area contributed by atoms with Gasteiger partial charge in [-0.25, -0.2) is 0 Å². The lowest BCUT2D eigenvalue weighted by molar-refractivity contribution is -0.164. The number of nitrogens with zero attached hydrogens (tertiary/aromatic N) is 3. The summed E-state index contributed by atoms with van der Waals surface area (Å²) in [4.78, 5) is 66.9. The molecule has 2 saturated carbocycles. The van der Waals surface area contributed by atoms with Crippen molar-refractivity contribution in [3.05, 3.63) is 88.0 Å². The Labute approximate surface area is 344 Å². The third-order valence-corrected chi connectivity index (χ3v) is 13.1. The number of amides is 5. The molecule has 0 unspecified atom stereocenters. The van der Waals surface area contributed by atoms with Crippen LogP contribution in [-0.2, 0) is 14.3 Å². The number of nitrogens with one attached hydrogen (secondary N) is 2. The van der Waals surface area contributed by atoms with E-state index < -0.39 is 29.7 Å². The summed E-state index contributed by atoms with van der Waals surface area (Å²) in [6.07, 6.45) is 3.37. The maximum atomic E-state index is 13.5. The molecule has 3 aromatic rings. The topological polar surface area (TPSA) is 167 Å². The van der Waals surface area contributed by atoms with E-state index in [2.05, 4.69) is 49.3 Å². The fourth-order valence-corrected chi connectivity index (χ4v) is 10.1. The van der Waals surface area contributed by atoms with Crippen molar-refractivity contribution in [2.75, 3.05) is 18.0 Å². The lowest BCUT2D eigenvalue weighted by atomic mass is 9.49. The Hall–Kier alpha value is -5.74. The lowest BCUT2D eigenvalue weighted by Crippen LogP contribution is -2.74. The van der Waals surface area contributed by atoms with E-state index in [1.54, 1.807) is 18.2 Å². The van der Waals surface area contributed by atoms with Crippen LogP contribution in [0.2, 0.25) is 0 Å². The van der Waals surface area contributed by atoms with Gasteiger partial charge < -0.3 is 24.4 Å². The van der Waals surface area contributed by atoms with Gasteiger partial charge in [0.25, 0.3) is 17.7 Å². The summed E-state index contributed by atoms with van der Waals surface area (Å²) in [7, 11) is 0. The highest BCUT2D eigenvalue weighted by Crippen LogP contribution is 2.55. The average molecular weight is 802 g/mol. The number of nitriles is 1. The Kier molecular flexibility index (Phi) is 10.3. The van der Waals surface area contributed by atoms with Crippen LogP contribution in [0.1, 0.15) is 114 Å². The maximum Gasteiger partial charge on any atom is 0.262 e. The van der Waals surface area contributed by atoms with Crippen molar-refractivity contribution in [1.29, 1.82) is 5.26 Å². The fourth-order valence-electron chi connectivity index (χ4n) is 10.1. The van der Waals surface area contributed by atoms with Crippen LogP contribution in [0.25, 0.3) is 0 Å². The normalized spacial score (nSPS) is 25.9. The third kappa shape index (κ3) is 7.32. The number of carbonyl (C=O) groups is 5. The molecule has 3 aliphatic heterocycles. The number of fused-ring (bicyclic) bond motifs is 1. The fraction of sp³-hybridized carbons (Fsp3) is 0.478. The smallest absolute Gasteiger partial charge is 0.262 e. The first-order chi connectivity index (χ1) is 28.0. The summed E-state index contributed by atoms with van der Waals surface area (Å²) < 4.78 is 19.1. The van der Waals surface area contributed by atoms with Gasteiger partial charge in [-0.2, -0.15) is 5.26 Å². The first-order valence-electron chi connectivity index (χ1n) is 20.6. The predicted molar refractivity (Wildman–Crippen MR) is 217 cm³/mol. The molecule has 0 radical (unpaired) electrons. The molecule has 1 atom stereocenters. The Morgan fingerprint density at radius 3 is 2.07 bits per heavy atom. The molecule has 0 spiro atoms. The van der Waals surface area contributed by atoms with Crippen LogP contribution in [0.4, 0.5) is 5.69 Å². The van der Waals surface area contributed by atoms with Crippen LogP contribution in [-0.4, -0.2) is 84.0 Å². The van der Waals surface area contributed by atoms with Gasteiger partial charge in [0.2, 0.25) is 11.8 Å². The van der Waals surface area contributed by atoms with Gasteiger partial charge in [0, 0.05) is 60.5 Å². The molecule has 13 heteroatoms. The summed E-state index contributed by atoms with van der Waals surface area (Å²) in [5, 5.41) is 15.0. The summed E-state index contributed by atoms with van der Waals surface area (Å²) in [6.45, 7) is 14.0. The van der Waals surface area contributed by atoms with Crippen LogP contribution in [0, 0.1) is 36.0 Å². The molecule has 3 heterocycles. The van der Waals surface area contributed by atoms with Crippen molar-refractivity contribution < 1.29 is 38.2 Å². The van der Waals surface area contributed by atoms with E-state index in [0.29, 0.717) is 16.9 Å². The summed E-state index contributed by atoms with van der Waals surface area (Å²) in [5.74, 6) is -1.05. The Balaban J connectivity index is 0.778. The third-order valence-electron chi connectivity index (χ3n) is 13.1. The van der Waals surface area contributed by atoms with Crippen LogP contribution >= 0.6 is 0 Å². The first kappa shape index (κ1) is 40.1. The van der Waals surface area contributed by atoms with Gasteiger partial charge in [-0.15, -0.1) is 0 Å². The number of aryl methyl sites for hydroxylation is 2. The molecule has 13 nitrogen and oxygen atoms in total. The van der Waals surface area contributed by atoms with Crippen molar-refractivity contribution in [2.45, 2.75) is 117 Å². The van der Waals surface area contributed by atoms with E-state index in [-0.39, 0.29) is 71.2 Å².